The van der Waals surface area contributed by atoms with E-state index in [2.05, 4.69) is 65.9 Å². The van der Waals surface area contributed by atoms with Crippen LogP contribution in [0.3, 0.4) is 0 Å². The van der Waals surface area contributed by atoms with Gasteiger partial charge in [-0.15, -0.1) is 0 Å². The van der Waals surface area contributed by atoms with E-state index in [1.165, 1.54) is 16.8 Å². The normalized spacial score (nSPS) is 17.1. The maximum Gasteiger partial charge on any atom is 0.269 e. The van der Waals surface area contributed by atoms with Gasteiger partial charge in [0.25, 0.3) is 5.69 Å². The monoisotopic (exact) mass is 389 g/mol. The van der Waals surface area contributed by atoms with Crippen LogP contribution in [-0.4, -0.2) is 20.9 Å². The molecule has 1 atom stereocenters. The van der Waals surface area contributed by atoms with Crippen LogP contribution in [0.2, 0.25) is 0 Å². The topological polar surface area (TPSA) is 51.3 Å². The first-order valence-corrected chi connectivity index (χ1v) is 10.2. The molecule has 0 amide bonds. The first-order chi connectivity index (χ1) is 14.0. The molecule has 3 aromatic rings. The number of aryl methyl sites for hydroxylation is 1. The number of fused-ring (bicyclic) bond motifs is 1. The van der Waals surface area contributed by atoms with Gasteiger partial charge < -0.3 is 4.57 Å². The van der Waals surface area contributed by atoms with E-state index in [0.29, 0.717) is 5.92 Å². The summed E-state index contributed by atoms with van der Waals surface area (Å²) < 4.78 is 2.36. The molecule has 0 saturated heterocycles. The molecule has 5 heteroatoms. The summed E-state index contributed by atoms with van der Waals surface area (Å²) >= 11 is 0. The average molecular weight is 389 g/mol. The van der Waals surface area contributed by atoms with E-state index in [-0.39, 0.29) is 16.7 Å². The van der Waals surface area contributed by atoms with Crippen molar-refractivity contribution in [2.75, 3.05) is 6.54 Å². The quantitative estimate of drug-likeness (QED) is 0.427. The molecular weight excluding hydrogens is 362 g/mol. The minimum Gasteiger partial charge on any atom is -0.350 e. The number of hydrogen-bond acceptors (Lipinski definition) is 3. The van der Waals surface area contributed by atoms with Crippen molar-refractivity contribution in [1.82, 2.24) is 9.47 Å². The highest BCUT2D eigenvalue weighted by atomic mass is 16.6. The highest BCUT2D eigenvalue weighted by Crippen LogP contribution is 2.34. The number of rotatable bonds is 5. The second-order valence-corrected chi connectivity index (χ2v) is 8.10. The summed E-state index contributed by atoms with van der Waals surface area (Å²) in [5, 5.41) is 11.0. The first-order valence-electron chi connectivity index (χ1n) is 10.2. The van der Waals surface area contributed by atoms with Gasteiger partial charge >= 0.3 is 0 Å². The fourth-order valence-corrected chi connectivity index (χ4v) is 4.21. The van der Waals surface area contributed by atoms with Gasteiger partial charge in [0, 0.05) is 43.7 Å². The summed E-state index contributed by atoms with van der Waals surface area (Å²) in [6.07, 6.45) is 3.25. The van der Waals surface area contributed by atoms with E-state index in [9.17, 15) is 10.1 Å². The Morgan fingerprint density at radius 2 is 1.76 bits per heavy atom. The number of nitro benzene ring substituents is 1. The van der Waals surface area contributed by atoms with Gasteiger partial charge in [0.2, 0.25) is 0 Å². The zero-order valence-corrected chi connectivity index (χ0v) is 17.0. The van der Waals surface area contributed by atoms with Crippen LogP contribution in [0.5, 0.6) is 0 Å². The van der Waals surface area contributed by atoms with Crippen LogP contribution in [0, 0.1) is 10.1 Å². The van der Waals surface area contributed by atoms with Crippen LogP contribution in [0.1, 0.15) is 54.6 Å². The number of benzene rings is 2. The van der Waals surface area contributed by atoms with Crippen molar-refractivity contribution >= 4 is 5.69 Å². The molecular formula is C24H27N3O2. The summed E-state index contributed by atoms with van der Waals surface area (Å²) in [4.78, 5) is 13.1. The van der Waals surface area contributed by atoms with Crippen molar-refractivity contribution in [2.24, 2.45) is 0 Å². The Labute approximate surface area is 171 Å². The molecule has 29 heavy (non-hydrogen) atoms. The Morgan fingerprint density at radius 3 is 2.41 bits per heavy atom. The maximum atomic E-state index is 11.0. The van der Waals surface area contributed by atoms with Gasteiger partial charge in [-0.3, -0.25) is 15.0 Å². The van der Waals surface area contributed by atoms with Gasteiger partial charge in [0.1, 0.15) is 0 Å². The lowest BCUT2D eigenvalue weighted by atomic mass is 9.96. The SMILES string of the molecule is CC(C)c1ccc([C@H]2c3cccn3CCCN2Cc2ccc([N+](=O)[O-])cc2)cc1. The molecule has 0 saturated carbocycles. The molecule has 0 bridgehead atoms. The Balaban J connectivity index is 1.67. The maximum absolute atomic E-state index is 11.0. The Bertz CT molecular complexity index is 974. The summed E-state index contributed by atoms with van der Waals surface area (Å²) in [5.41, 5.74) is 5.18. The lowest BCUT2D eigenvalue weighted by molar-refractivity contribution is -0.384. The van der Waals surface area contributed by atoms with Crippen LogP contribution >= 0.6 is 0 Å². The molecule has 0 aliphatic carbocycles. The number of nitro groups is 1. The molecule has 0 radical (unpaired) electrons. The van der Waals surface area contributed by atoms with Crippen LogP contribution in [0.15, 0.2) is 66.9 Å². The van der Waals surface area contributed by atoms with Gasteiger partial charge in [-0.05, 0) is 41.2 Å². The van der Waals surface area contributed by atoms with Crippen molar-refractivity contribution in [3.05, 3.63) is 99.4 Å². The summed E-state index contributed by atoms with van der Waals surface area (Å²) in [6.45, 7) is 7.19. The number of hydrogen-bond donors (Lipinski definition) is 0. The van der Waals surface area contributed by atoms with E-state index < -0.39 is 0 Å². The lowest BCUT2D eigenvalue weighted by Gasteiger charge is -2.31. The largest absolute Gasteiger partial charge is 0.350 e. The van der Waals surface area contributed by atoms with Crippen LogP contribution in [-0.2, 0) is 13.1 Å². The Kier molecular flexibility index (Phi) is 5.49. The predicted molar refractivity (Wildman–Crippen MR) is 115 cm³/mol. The molecule has 1 aromatic heterocycles. The third-order valence-corrected chi connectivity index (χ3v) is 5.81. The van der Waals surface area contributed by atoms with E-state index >= 15 is 0 Å². The van der Waals surface area contributed by atoms with Crippen LogP contribution < -0.4 is 0 Å². The zero-order chi connectivity index (χ0) is 20.4. The van der Waals surface area contributed by atoms with Gasteiger partial charge in [0.05, 0.1) is 11.0 Å². The van der Waals surface area contributed by atoms with Crippen molar-refractivity contribution in [2.45, 2.75) is 45.3 Å². The molecule has 2 heterocycles. The molecule has 0 spiro atoms. The van der Waals surface area contributed by atoms with Gasteiger partial charge in [-0.1, -0.05) is 50.2 Å². The average Bonchev–Trinajstić information content (AvgIpc) is 3.10. The van der Waals surface area contributed by atoms with Crippen LogP contribution in [0.4, 0.5) is 5.69 Å². The smallest absolute Gasteiger partial charge is 0.269 e. The number of aromatic nitrogens is 1. The molecule has 0 unspecified atom stereocenters. The molecule has 4 rings (SSSR count). The molecule has 1 aliphatic rings. The van der Waals surface area contributed by atoms with E-state index in [1.54, 1.807) is 12.1 Å². The van der Waals surface area contributed by atoms with E-state index in [1.807, 2.05) is 12.1 Å². The fraction of sp³-hybridized carbons (Fsp3) is 0.333. The zero-order valence-electron chi connectivity index (χ0n) is 17.0. The minimum atomic E-state index is -0.346. The Hall–Kier alpha value is -2.92. The minimum absolute atomic E-state index is 0.138. The third kappa shape index (κ3) is 4.10. The molecule has 0 N–H and O–H groups in total. The second kappa shape index (κ2) is 8.21. The highest BCUT2D eigenvalue weighted by Gasteiger charge is 2.27. The number of non-ortho nitro benzene ring substituents is 1. The second-order valence-electron chi connectivity index (χ2n) is 8.10. The highest BCUT2D eigenvalue weighted by molar-refractivity contribution is 5.35. The first kappa shape index (κ1) is 19.4. The van der Waals surface area contributed by atoms with Crippen molar-refractivity contribution in [3.63, 3.8) is 0 Å². The third-order valence-electron chi connectivity index (χ3n) is 5.81. The van der Waals surface area contributed by atoms with Gasteiger partial charge in [-0.25, -0.2) is 0 Å². The van der Waals surface area contributed by atoms with E-state index in [0.717, 1.165) is 31.6 Å². The molecule has 2 aromatic carbocycles. The van der Waals surface area contributed by atoms with Gasteiger partial charge in [0.15, 0.2) is 0 Å². The van der Waals surface area contributed by atoms with Crippen molar-refractivity contribution < 1.29 is 4.92 Å². The predicted octanol–water partition coefficient (Wildman–Crippen LogP) is 5.52. The summed E-state index contributed by atoms with van der Waals surface area (Å²) in [5.74, 6) is 0.512. The van der Waals surface area contributed by atoms with E-state index in [4.69, 9.17) is 0 Å². The molecule has 150 valence electrons. The van der Waals surface area contributed by atoms with Crippen molar-refractivity contribution in [1.29, 1.82) is 0 Å². The molecule has 5 nitrogen and oxygen atoms in total. The van der Waals surface area contributed by atoms with Crippen LogP contribution in [0.25, 0.3) is 0 Å². The summed E-state index contributed by atoms with van der Waals surface area (Å²) in [7, 11) is 0. The van der Waals surface area contributed by atoms with Gasteiger partial charge in [-0.2, -0.15) is 0 Å². The summed E-state index contributed by atoms with van der Waals surface area (Å²) in [6, 6.07) is 20.5. The fourth-order valence-electron chi connectivity index (χ4n) is 4.21. The Morgan fingerprint density at radius 1 is 1.03 bits per heavy atom. The molecule has 1 aliphatic heterocycles. The number of nitrogens with zero attached hydrogens (tertiary/aromatic N) is 3. The lowest BCUT2D eigenvalue weighted by Crippen LogP contribution is -2.29. The van der Waals surface area contributed by atoms with Crippen molar-refractivity contribution in [3.8, 4) is 0 Å². The standard InChI is InChI=1S/C24H27N3O2/c1-18(2)20-8-10-21(11-9-20)24-23-5-3-14-25(23)15-4-16-26(24)17-19-6-12-22(13-7-19)27(28)29/h3,5-14,18,24H,4,15-17H2,1-2H3/t24-/m0/s1. The molecule has 0 fully saturated rings.